The van der Waals surface area contributed by atoms with Crippen molar-refractivity contribution in [3.8, 4) is 0 Å². The van der Waals surface area contributed by atoms with E-state index in [-0.39, 0.29) is 0 Å². The predicted octanol–water partition coefficient (Wildman–Crippen LogP) is 1.03. The van der Waals surface area contributed by atoms with Crippen LogP contribution in [0.5, 0.6) is 0 Å². The molecule has 0 unspecified atom stereocenters. The number of rotatable bonds is 4. The molecule has 0 saturated heterocycles. The van der Waals surface area contributed by atoms with Crippen LogP contribution in [0.3, 0.4) is 0 Å². The summed E-state index contributed by atoms with van der Waals surface area (Å²) in [7, 11) is 2.02. The monoisotopic (exact) mass is 194 g/mol. The van der Waals surface area contributed by atoms with Gasteiger partial charge in [-0.1, -0.05) is 13.8 Å². The zero-order chi connectivity index (χ0) is 10.6. The van der Waals surface area contributed by atoms with Crippen LogP contribution in [-0.2, 0) is 6.54 Å². The van der Waals surface area contributed by atoms with Gasteiger partial charge in [-0.3, -0.25) is 0 Å². The number of hydrogen-bond donors (Lipinski definition) is 1. The molecule has 1 heterocycles. The molecule has 0 saturated carbocycles. The molecule has 14 heavy (non-hydrogen) atoms. The minimum atomic E-state index is 0.507. The molecule has 0 fully saturated rings. The average Bonchev–Trinajstić information content (AvgIpc) is 2.16. The first-order chi connectivity index (χ1) is 6.65. The number of nitrogens with two attached hydrogens (primary N) is 1. The van der Waals surface area contributed by atoms with Crippen LogP contribution in [0.1, 0.15) is 19.4 Å². The fourth-order valence-corrected chi connectivity index (χ4v) is 1.47. The molecule has 1 rings (SSSR count). The lowest BCUT2D eigenvalue weighted by molar-refractivity contribution is 0.630. The minimum Gasteiger partial charge on any atom is -0.358 e. The molecule has 0 aliphatic carbocycles. The summed E-state index contributed by atoms with van der Waals surface area (Å²) in [6.45, 7) is 5.82. The molecule has 0 aromatic carbocycles. The maximum absolute atomic E-state index is 5.62. The highest BCUT2D eigenvalue weighted by molar-refractivity contribution is 5.44. The van der Waals surface area contributed by atoms with E-state index in [1.165, 1.54) is 0 Å². The number of nitrogens with zero attached hydrogens (tertiary/aromatic N) is 3. The highest BCUT2D eigenvalue weighted by Gasteiger charge is 2.09. The molecule has 1 aromatic rings. The molecule has 2 N–H and O–H groups in total. The van der Waals surface area contributed by atoms with Crippen molar-refractivity contribution in [1.82, 2.24) is 10.2 Å². The second kappa shape index (κ2) is 4.91. The van der Waals surface area contributed by atoms with Crippen molar-refractivity contribution < 1.29 is 0 Å². The zero-order valence-corrected chi connectivity index (χ0v) is 9.07. The van der Waals surface area contributed by atoms with Gasteiger partial charge in [-0.25, -0.2) is 0 Å². The van der Waals surface area contributed by atoms with E-state index in [4.69, 9.17) is 5.73 Å². The molecular weight excluding hydrogens is 176 g/mol. The Hall–Kier alpha value is -1.16. The van der Waals surface area contributed by atoms with Gasteiger partial charge in [0.2, 0.25) is 0 Å². The molecule has 4 nitrogen and oxygen atoms in total. The molecule has 0 bridgehead atoms. The third kappa shape index (κ3) is 2.67. The Morgan fingerprint density at radius 1 is 1.50 bits per heavy atom. The van der Waals surface area contributed by atoms with Crippen LogP contribution >= 0.6 is 0 Å². The molecule has 0 amide bonds. The lowest BCUT2D eigenvalue weighted by Gasteiger charge is -2.21. The van der Waals surface area contributed by atoms with Crippen LogP contribution in [0.25, 0.3) is 0 Å². The second-order valence-corrected chi connectivity index (χ2v) is 3.86. The third-order valence-electron chi connectivity index (χ3n) is 2.00. The van der Waals surface area contributed by atoms with Gasteiger partial charge in [-0.05, 0) is 12.0 Å². The largest absolute Gasteiger partial charge is 0.358 e. The first-order valence-electron chi connectivity index (χ1n) is 4.87. The molecule has 4 heteroatoms. The van der Waals surface area contributed by atoms with E-state index < -0.39 is 0 Å². The number of aromatic nitrogens is 2. The van der Waals surface area contributed by atoms with Crippen LogP contribution in [0.15, 0.2) is 12.3 Å². The molecule has 1 aromatic heterocycles. The smallest absolute Gasteiger partial charge is 0.155 e. The van der Waals surface area contributed by atoms with Crippen molar-refractivity contribution in [2.45, 2.75) is 20.4 Å². The summed E-state index contributed by atoms with van der Waals surface area (Å²) in [6.07, 6.45) is 1.68. The lowest BCUT2D eigenvalue weighted by Crippen LogP contribution is -2.25. The van der Waals surface area contributed by atoms with Gasteiger partial charge in [-0.15, -0.1) is 5.10 Å². The standard InChI is InChI=1S/C10H18N4/c1-8(2)7-14(3)10-9(6-11)4-5-12-13-10/h4-5,8H,6-7,11H2,1-3H3. The van der Waals surface area contributed by atoms with E-state index in [1.807, 2.05) is 13.1 Å². The van der Waals surface area contributed by atoms with Crippen molar-refractivity contribution >= 4 is 5.82 Å². The van der Waals surface area contributed by atoms with Crippen molar-refractivity contribution in [1.29, 1.82) is 0 Å². The Kier molecular flexibility index (Phi) is 3.83. The van der Waals surface area contributed by atoms with Crippen LogP contribution in [0, 0.1) is 5.92 Å². The van der Waals surface area contributed by atoms with Gasteiger partial charge in [0, 0.05) is 25.7 Å². The summed E-state index contributed by atoms with van der Waals surface area (Å²) in [5, 5.41) is 7.97. The molecule has 0 aliphatic heterocycles. The molecule has 78 valence electrons. The van der Waals surface area contributed by atoms with Gasteiger partial charge in [-0.2, -0.15) is 5.10 Å². The van der Waals surface area contributed by atoms with Crippen molar-refractivity contribution in [2.75, 3.05) is 18.5 Å². The van der Waals surface area contributed by atoms with E-state index in [1.54, 1.807) is 6.20 Å². The maximum Gasteiger partial charge on any atom is 0.155 e. The Morgan fingerprint density at radius 3 is 2.79 bits per heavy atom. The van der Waals surface area contributed by atoms with Crippen molar-refractivity contribution in [3.63, 3.8) is 0 Å². The summed E-state index contributed by atoms with van der Waals surface area (Å²) >= 11 is 0. The molecule has 0 atom stereocenters. The van der Waals surface area contributed by atoms with Crippen molar-refractivity contribution in [3.05, 3.63) is 17.8 Å². The van der Waals surface area contributed by atoms with Gasteiger partial charge in [0.15, 0.2) is 5.82 Å². The van der Waals surface area contributed by atoms with Crippen molar-refractivity contribution in [2.24, 2.45) is 11.7 Å². The SMILES string of the molecule is CC(C)CN(C)c1nnccc1CN. The highest BCUT2D eigenvalue weighted by Crippen LogP contribution is 2.14. The van der Waals surface area contributed by atoms with Crippen LogP contribution in [0.4, 0.5) is 5.82 Å². The summed E-state index contributed by atoms with van der Waals surface area (Å²) in [4.78, 5) is 2.10. The lowest BCUT2D eigenvalue weighted by atomic mass is 10.2. The third-order valence-corrected chi connectivity index (χ3v) is 2.00. The Labute approximate surface area is 85.1 Å². The fourth-order valence-electron chi connectivity index (χ4n) is 1.47. The van der Waals surface area contributed by atoms with E-state index >= 15 is 0 Å². The Bertz CT molecular complexity index is 285. The first kappa shape index (κ1) is 10.9. The van der Waals surface area contributed by atoms with E-state index in [9.17, 15) is 0 Å². The Morgan fingerprint density at radius 2 is 2.21 bits per heavy atom. The van der Waals surface area contributed by atoms with Gasteiger partial charge in [0.05, 0.1) is 6.20 Å². The molecule has 0 aliphatic rings. The van der Waals surface area contributed by atoms with E-state index in [0.717, 1.165) is 17.9 Å². The Balaban J connectivity index is 2.82. The summed E-state index contributed by atoms with van der Waals surface area (Å²) in [6, 6.07) is 1.92. The number of anilines is 1. The van der Waals surface area contributed by atoms with E-state index in [0.29, 0.717) is 12.5 Å². The summed E-state index contributed by atoms with van der Waals surface area (Å²) in [5.74, 6) is 1.50. The van der Waals surface area contributed by atoms with Gasteiger partial charge in [0.1, 0.15) is 0 Å². The quantitative estimate of drug-likeness (QED) is 0.777. The normalized spacial score (nSPS) is 10.6. The maximum atomic E-state index is 5.62. The summed E-state index contributed by atoms with van der Waals surface area (Å²) < 4.78 is 0. The van der Waals surface area contributed by atoms with Gasteiger partial charge >= 0.3 is 0 Å². The van der Waals surface area contributed by atoms with Crippen LogP contribution in [0.2, 0.25) is 0 Å². The van der Waals surface area contributed by atoms with Gasteiger partial charge < -0.3 is 10.6 Å². The van der Waals surface area contributed by atoms with Crippen LogP contribution < -0.4 is 10.6 Å². The predicted molar refractivity (Wildman–Crippen MR) is 58.0 cm³/mol. The minimum absolute atomic E-state index is 0.507. The second-order valence-electron chi connectivity index (χ2n) is 3.86. The van der Waals surface area contributed by atoms with Crippen LogP contribution in [-0.4, -0.2) is 23.8 Å². The van der Waals surface area contributed by atoms with Gasteiger partial charge in [0.25, 0.3) is 0 Å². The first-order valence-corrected chi connectivity index (χ1v) is 4.87. The summed E-state index contributed by atoms with van der Waals surface area (Å²) in [5.41, 5.74) is 6.67. The fraction of sp³-hybridized carbons (Fsp3) is 0.600. The van der Waals surface area contributed by atoms with E-state index in [2.05, 4.69) is 28.9 Å². The average molecular weight is 194 g/mol. The molecule has 0 spiro atoms. The highest BCUT2D eigenvalue weighted by atomic mass is 15.2. The number of hydrogen-bond acceptors (Lipinski definition) is 4. The molecule has 0 radical (unpaired) electrons. The molecular formula is C10H18N4. The topological polar surface area (TPSA) is 55.0 Å². The zero-order valence-electron chi connectivity index (χ0n) is 9.07.